The Morgan fingerprint density at radius 3 is 2.48 bits per heavy atom. The van der Waals surface area contributed by atoms with E-state index in [1.807, 2.05) is 31.9 Å². The van der Waals surface area contributed by atoms with Crippen LogP contribution in [0.4, 0.5) is 0 Å². The second-order valence-corrected chi connectivity index (χ2v) is 6.98. The van der Waals surface area contributed by atoms with Gasteiger partial charge in [-0.2, -0.15) is 0 Å². The molecule has 27 heavy (non-hydrogen) atoms. The van der Waals surface area contributed by atoms with Crippen LogP contribution in [-0.2, 0) is 16.1 Å². The predicted molar refractivity (Wildman–Crippen MR) is 106 cm³/mol. The summed E-state index contributed by atoms with van der Waals surface area (Å²) in [5, 5.41) is 5.76. The van der Waals surface area contributed by atoms with Gasteiger partial charge in [0, 0.05) is 18.5 Å². The highest BCUT2D eigenvalue weighted by Gasteiger charge is 2.30. The molecule has 2 fully saturated rings. The van der Waals surface area contributed by atoms with Gasteiger partial charge < -0.3 is 5.32 Å². The van der Waals surface area contributed by atoms with Crippen LogP contribution in [-0.4, -0.2) is 49.2 Å². The smallest absolute Gasteiger partial charge is 0.243 e. The molecule has 2 N–H and O–H groups in total. The highest BCUT2D eigenvalue weighted by atomic mass is 16.2. The van der Waals surface area contributed by atoms with E-state index in [0.717, 1.165) is 37.8 Å². The van der Waals surface area contributed by atoms with E-state index in [1.54, 1.807) is 0 Å². The molecule has 0 aliphatic carbocycles. The maximum atomic E-state index is 12.1. The zero-order chi connectivity index (χ0) is 19.8. The number of carbonyl (C=O) groups is 3. The van der Waals surface area contributed by atoms with Crippen molar-refractivity contribution in [2.45, 2.75) is 58.0 Å². The molecular weight excluding hydrogens is 342 g/mol. The van der Waals surface area contributed by atoms with Gasteiger partial charge in [-0.15, -0.1) is 0 Å². The van der Waals surface area contributed by atoms with Gasteiger partial charge in [-0.25, -0.2) is 0 Å². The fraction of sp³-hybridized carbons (Fsp3) is 0.571. The molecule has 148 valence electrons. The number of amides is 2. The van der Waals surface area contributed by atoms with Crippen molar-refractivity contribution in [3.8, 4) is 0 Å². The Balaban J connectivity index is 0.00000126. The van der Waals surface area contributed by atoms with Gasteiger partial charge in [0.25, 0.3) is 0 Å². The summed E-state index contributed by atoms with van der Waals surface area (Å²) in [5.41, 5.74) is 2.87. The molecule has 2 amide bonds. The number of hydrogen-bond donors (Lipinski definition) is 2. The van der Waals surface area contributed by atoms with E-state index in [1.165, 1.54) is 5.56 Å². The number of imide groups is 1. The average molecular weight is 373 g/mol. The quantitative estimate of drug-likeness (QED) is 0.611. The number of nitrogens with one attached hydrogen (secondary N) is 2. The summed E-state index contributed by atoms with van der Waals surface area (Å²) in [4.78, 5) is 36.7. The van der Waals surface area contributed by atoms with E-state index in [4.69, 9.17) is 0 Å². The summed E-state index contributed by atoms with van der Waals surface area (Å²) in [6.45, 7) is 6.55. The van der Waals surface area contributed by atoms with Gasteiger partial charge in [-0.3, -0.25) is 24.6 Å². The molecule has 0 radical (unpaired) electrons. The Hall–Kier alpha value is -2.05. The molecule has 1 unspecified atom stereocenters. The van der Waals surface area contributed by atoms with Gasteiger partial charge in [0.15, 0.2) is 0 Å². The third-order valence-corrected chi connectivity index (χ3v) is 5.27. The summed E-state index contributed by atoms with van der Waals surface area (Å²) in [6.07, 6.45) is 3.95. The van der Waals surface area contributed by atoms with Crippen molar-refractivity contribution >= 4 is 18.1 Å². The number of aldehydes is 1. The Labute approximate surface area is 161 Å². The molecule has 0 aromatic heterocycles. The SMILES string of the molecule is CC.CN(Cc1cc(C2CCNCC2)ccc1C=O)C1CCC(=O)NC1=O. The van der Waals surface area contributed by atoms with Crippen LogP contribution < -0.4 is 10.6 Å². The highest BCUT2D eigenvalue weighted by Crippen LogP contribution is 2.27. The predicted octanol–water partition coefficient (Wildman–Crippen LogP) is 2.23. The van der Waals surface area contributed by atoms with E-state index < -0.39 is 0 Å². The van der Waals surface area contributed by atoms with Crippen molar-refractivity contribution < 1.29 is 14.4 Å². The number of nitrogens with zero attached hydrogens (tertiary/aromatic N) is 1. The molecule has 6 heteroatoms. The molecule has 2 heterocycles. The van der Waals surface area contributed by atoms with Gasteiger partial charge in [0.2, 0.25) is 11.8 Å². The molecule has 6 nitrogen and oxygen atoms in total. The molecule has 3 rings (SSSR count). The third-order valence-electron chi connectivity index (χ3n) is 5.27. The van der Waals surface area contributed by atoms with Crippen LogP contribution in [0.15, 0.2) is 18.2 Å². The Bertz CT molecular complexity index is 669. The Morgan fingerprint density at radius 2 is 1.85 bits per heavy atom. The van der Waals surface area contributed by atoms with Gasteiger partial charge in [0.1, 0.15) is 6.29 Å². The molecule has 0 spiro atoms. The Morgan fingerprint density at radius 1 is 1.15 bits per heavy atom. The normalized spacial score (nSPS) is 20.7. The second kappa shape index (κ2) is 10.3. The zero-order valence-corrected chi connectivity index (χ0v) is 16.6. The van der Waals surface area contributed by atoms with Crippen LogP contribution in [0.5, 0.6) is 0 Å². The fourth-order valence-electron chi connectivity index (χ4n) is 3.77. The summed E-state index contributed by atoms with van der Waals surface area (Å²) < 4.78 is 0. The lowest BCUT2D eigenvalue weighted by molar-refractivity contribution is -0.137. The molecule has 1 atom stereocenters. The average Bonchev–Trinajstić information content (AvgIpc) is 2.70. The molecule has 0 bridgehead atoms. The minimum absolute atomic E-state index is 0.212. The van der Waals surface area contributed by atoms with Crippen LogP contribution in [0.2, 0.25) is 0 Å². The molecule has 2 aliphatic heterocycles. The van der Waals surface area contributed by atoms with Gasteiger partial charge >= 0.3 is 0 Å². The minimum atomic E-state index is -0.334. The third kappa shape index (κ3) is 5.47. The summed E-state index contributed by atoms with van der Waals surface area (Å²) in [5.74, 6) is 0.0543. The van der Waals surface area contributed by atoms with Crippen molar-refractivity contribution in [3.63, 3.8) is 0 Å². The lowest BCUT2D eigenvalue weighted by Gasteiger charge is -2.30. The second-order valence-electron chi connectivity index (χ2n) is 6.98. The summed E-state index contributed by atoms with van der Waals surface area (Å²) in [7, 11) is 1.87. The van der Waals surface area contributed by atoms with E-state index >= 15 is 0 Å². The first-order valence-corrected chi connectivity index (χ1v) is 9.91. The Kier molecular flexibility index (Phi) is 8.13. The van der Waals surface area contributed by atoms with Gasteiger partial charge in [0.05, 0.1) is 6.04 Å². The van der Waals surface area contributed by atoms with Crippen LogP contribution in [0.25, 0.3) is 0 Å². The van der Waals surface area contributed by atoms with E-state index in [-0.39, 0.29) is 17.9 Å². The largest absolute Gasteiger partial charge is 0.317 e. The first-order chi connectivity index (χ1) is 13.1. The maximum absolute atomic E-state index is 12.1. The van der Waals surface area contributed by atoms with E-state index in [9.17, 15) is 14.4 Å². The van der Waals surface area contributed by atoms with Gasteiger partial charge in [-0.1, -0.05) is 32.0 Å². The van der Waals surface area contributed by atoms with Crippen molar-refractivity contribution in [3.05, 3.63) is 34.9 Å². The summed E-state index contributed by atoms with van der Waals surface area (Å²) >= 11 is 0. The van der Waals surface area contributed by atoms with Crippen molar-refractivity contribution in [1.82, 2.24) is 15.5 Å². The fourth-order valence-corrected chi connectivity index (χ4v) is 3.77. The number of likely N-dealkylation sites (N-methyl/N-ethyl adjacent to an activating group) is 1. The molecule has 1 aromatic carbocycles. The number of hydrogen-bond acceptors (Lipinski definition) is 5. The summed E-state index contributed by atoms with van der Waals surface area (Å²) in [6, 6.07) is 5.72. The van der Waals surface area contributed by atoms with Crippen molar-refractivity contribution in [2.75, 3.05) is 20.1 Å². The number of carbonyl (C=O) groups excluding carboxylic acids is 3. The van der Waals surface area contributed by atoms with Gasteiger partial charge in [-0.05, 0) is 56.4 Å². The highest BCUT2D eigenvalue weighted by molar-refractivity contribution is 6.00. The first-order valence-electron chi connectivity index (χ1n) is 9.91. The maximum Gasteiger partial charge on any atom is 0.243 e. The molecule has 0 saturated carbocycles. The van der Waals surface area contributed by atoms with Crippen LogP contribution in [0, 0.1) is 0 Å². The topological polar surface area (TPSA) is 78.5 Å². The number of piperidine rings is 2. The standard InChI is InChI=1S/C19H25N3O3.C2H6/c1-22(17-4-5-18(24)21-19(17)25)11-16-10-14(2-3-15(16)12-23)13-6-8-20-9-7-13;1-2/h2-3,10,12-13,17,20H,4-9,11H2,1H3,(H,21,24,25);1-2H3. The number of rotatable bonds is 5. The zero-order valence-electron chi connectivity index (χ0n) is 16.6. The van der Waals surface area contributed by atoms with E-state index in [0.29, 0.717) is 30.9 Å². The molecule has 2 saturated heterocycles. The lowest BCUT2D eigenvalue weighted by atomic mass is 9.88. The van der Waals surface area contributed by atoms with E-state index in [2.05, 4.69) is 22.8 Å². The van der Waals surface area contributed by atoms with Crippen molar-refractivity contribution in [1.29, 1.82) is 0 Å². The van der Waals surface area contributed by atoms with Crippen molar-refractivity contribution in [2.24, 2.45) is 0 Å². The monoisotopic (exact) mass is 373 g/mol. The lowest BCUT2D eigenvalue weighted by Crippen LogP contribution is -2.51. The molecular formula is C21H31N3O3. The van der Waals surface area contributed by atoms with Crippen LogP contribution >= 0.6 is 0 Å². The first kappa shape index (κ1) is 21.3. The molecule has 2 aliphatic rings. The van der Waals surface area contributed by atoms with Crippen LogP contribution in [0.3, 0.4) is 0 Å². The minimum Gasteiger partial charge on any atom is -0.317 e. The van der Waals surface area contributed by atoms with Crippen LogP contribution in [0.1, 0.15) is 66.9 Å². The molecule has 1 aromatic rings. The number of benzene rings is 1.